The number of nitrogens with zero attached hydrogens (tertiary/aromatic N) is 1. The third kappa shape index (κ3) is 5.81. The lowest BCUT2D eigenvalue weighted by molar-refractivity contribution is 0.0951. The van der Waals surface area contributed by atoms with Crippen LogP contribution in [-0.2, 0) is 6.42 Å². The maximum absolute atomic E-state index is 12.9. The molecule has 36 heavy (non-hydrogen) atoms. The molecule has 2 amide bonds. The molecular formula is C26H24ClN5O4. The minimum absolute atomic E-state index is 0.123. The van der Waals surface area contributed by atoms with E-state index in [9.17, 15) is 14.4 Å². The molecule has 2 aromatic carbocycles. The van der Waals surface area contributed by atoms with Crippen LogP contribution in [0.25, 0.3) is 11.0 Å². The molecule has 0 aliphatic heterocycles. The second-order valence-electron chi connectivity index (χ2n) is 8.06. The van der Waals surface area contributed by atoms with Gasteiger partial charge in [-0.15, -0.1) is 0 Å². The number of anilines is 2. The van der Waals surface area contributed by atoms with Crippen molar-refractivity contribution in [2.75, 3.05) is 24.7 Å². The van der Waals surface area contributed by atoms with Crippen LogP contribution in [0.4, 0.5) is 11.4 Å². The van der Waals surface area contributed by atoms with Gasteiger partial charge in [-0.05, 0) is 60.9 Å². The molecule has 0 radical (unpaired) electrons. The smallest absolute Gasteiger partial charge is 0.262 e. The van der Waals surface area contributed by atoms with E-state index < -0.39 is 11.5 Å². The molecule has 9 nitrogen and oxygen atoms in total. The predicted octanol–water partition coefficient (Wildman–Crippen LogP) is 3.78. The Morgan fingerprint density at radius 1 is 1.08 bits per heavy atom. The second-order valence-corrected chi connectivity index (χ2v) is 8.46. The van der Waals surface area contributed by atoms with Crippen molar-refractivity contribution in [2.45, 2.75) is 12.8 Å². The Hall–Kier alpha value is -4.37. The highest BCUT2D eigenvalue weighted by molar-refractivity contribution is 6.34. The fourth-order valence-corrected chi connectivity index (χ4v) is 3.81. The van der Waals surface area contributed by atoms with Crippen molar-refractivity contribution in [3.05, 3.63) is 92.7 Å². The van der Waals surface area contributed by atoms with Gasteiger partial charge in [-0.1, -0.05) is 23.7 Å². The number of fused-ring (bicyclic) bond motifs is 1. The first-order valence-electron chi connectivity index (χ1n) is 11.2. The zero-order valence-corrected chi connectivity index (χ0v) is 20.2. The SMILES string of the molecule is COc1ccc2cc(C(=O)Nc3cc(C(=O)NCCCc4cccc(N)c4)ccc3Cl)c(=O)[nH]c2n1. The molecule has 0 unspecified atom stereocenters. The minimum atomic E-state index is -0.671. The lowest BCUT2D eigenvalue weighted by Gasteiger charge is -2.11. The number of nitrogen functional groups attached to an aromatic ring is 1. The molecule has 10 heteroatoms. The number of carbonyl (C=O) groups excluding carboxylic acids is 2. The Labute approximate surface area is 211 Å². The number of methoxy groups -OCH3 is 1. The molecule has 0 bridgehead atoms. The quantitative estimate of drug-likeness (QED) is 0.212. The summed E-state index contributed by atoms with van der Waals surface area (Å²) in [6.07, 6.45) is 1.51. The largest absolute Gasteiger partial charge is 0.481 e. The number of aryl methyl sites for hydroxylation is 1. The van der Waals surface area contributed by atoms with Gasteiger partial charge in [0.1, 0.15) is 11.2 Å². The molecule has 0 aliphatic rings. The van der Waals surface area contributed by atoms with Gasteiger partial charge in [-0.3, -0.25) is 14.4 Å². The van der Waals surface area contributed by atoms with Gasteiger partial charge in [-0.25, -0.2) is 0 Å². The lowest BCUT2D eigenvalue weighted by Crippen LogP contribution is -2.25. The number of carbonyl (C=O) groups is 2. The monoisotopic (exact) mass is 505 g/mol. The molecule has 5 N–H and O–H groups in total. The molecule has 0 aliphatic carbocycles. The number of hydrogen-bond donors (Lipinski definition) is 4. The average Bonchev–Trinajstić information content (AvgIpc) is 2.87. The zero-order valence-electron chi connectivity index (χ0n) is 19.4. The van der Waals surface area contributed by atoms with Crippen molar-refractivity contribution < 1.29 is 14.3 Å². The van der Waals surface area contributed by atoms with Crippen molar-refractivity contribution in [3.8, 4) is 5.88 Å². The molecule has 4 rings (SSSR count). The van der Waals surface area contributed by atoms with Gasteiger partial charge in [-0.2, -0.15) is 4.98 Å². The van der Waals surface area contributed by atoms with Crippen molar-refractivity contribution in [1.29, 1.82) is 0 Å². The summed E-state index contributed by atoms with van der Waals surface area (Å²) < 4.78 is 5.05. The third-order valence-corrected chi connectivity index (χ3v) is 5.82. The van der Waals surface area contributed by atoms with Gasteiger partial charge in [0.2, 0.25) is 5.88 Å². The van der Waals surface area contributed by atoms with Crippen LogP contribution in [0.15, 0.2) is 65.5 Å². The average molecular weight is 506 g/mol. The number of pyridine rings is 2. The Balaban J connectivity index is 1.42. The van der Waals surface area contributed by atoms with E-state index in [-0.39, 0.29) is 22.2 Å². The second kappa shape index (κ2) is 10.9. The standard InChI is InChI=1S/C26H24ClN5O4/c1-36-22-10-8-16-13-19(26(35)32-23(16)31-22)25(34)30-21-14-17(7-9-20(21)27)24(33)29-11-3-5-15-4-2-6-18(28)12-15/h2,4,6-10,12-14H,3,5,11,28H2,1H3,(H,29,33)(H,30,34)(H,31,32,35). The number of amides is 2. The normalized spacial score (nSPS) is 10.7. The fourth-order valence-electron chi connectivity index (χ4n) is 3.64. The van der Waals surface area contributed by atoms with Gasteiger partial charge in [0.05, 0.1) is 17.8 Å². The molecule has 4 aromatic rings. The van der Waals surface area contributed by atoms with E-state index in [1.807, 2.05) is 24.3 Å². The predicted molar refractivity (Wildman–Crippen MR) is 140 cm³/mol. The number of ether oxygens (including phenoxy) is 1. The number of nitrogens with one attached hydrogen (secondary N) is 3. The lowest BCUT2D eigenvalue weighted by atomic mass is 10.1. The Morgan fingerprint density at radius 2 is 1.92 bits per heavy atom. The van der Waals surface area contributed by atoms with Crippen LogP contribution < -0.4 is 26.7 Å². The van der Waals surface area contributed by atoms with Gasteiger partial charge in [0, 0.05) is 29.2 Å². The Morgan fingerprint density at radius 3 is 2.69 bits per heavy atom. The maximum Gasteiger partial charge on any atom is 0.262 e. The first-order chi connectivity index (χ1) is 17.3. The number of benzene rings is 2. The molecule has 0 fully saturated rings. The summed E-state index contributed by atoms with van der Waals surface area (Å²) in [5.41, 5.74) is 7.67. The Kier molecular flexibility index (Phi) is 7.50. The summed E-state index contributed by atoms with van der Waals surface area (Å²) in [5.74, 6) is -0.643. The van der Waals surface area contributed by atoms with E-state index in [1.165, 1.54) is 25.3 Å². The number of aromatic amines is 1. The number of aromatic nitrogens is 2. The van der Waals surface area contributed by atoms with Crippen LogP contribution in [-0.4, -0.2) is 35.4 Å². The van der Waals surface area contributed by atoms with Crippen LogP contribution >= 0.6 is 11.6 Å². The van der Waals surface area contributed by atoms with Crippen LogP contribution in [0.3, 0.4) is 0 Å². The van der Waals surface area contributed by atoms with Gasteiger partial charge >= 0.3 is 0 Å². The number of rotatable bonds is 8. The number of nitrogens with two attached hydrogens (primary N) is 1. The van der Waals surface area contributed by atoms with E-state index >= 15 is 0 Å². The highest BCUT2D eigenvalue weighted by Crippen LogP contribution is 2.24. The fraction of sp³-hybridized carbons (Fsp3) is 0.154. The third-order valence-electron chi connectivity index (χ3n) is 5.49. The highest BCUT2D eigenvalue weighted by Gasteiger charge is 2.16. The number of hydrogen-bond acceptors (Lipinski definition) is 6. The van der Waals surface area contributed by atoms with Crippen molar-refractivity contribution >= 4 is 45.8 Å². The van der Waals surface area contributed by atoms with Crippen LogP contribution in [0.1, 0.15) is 32.7 Å². The molecule has 0 saturated carbocycles. The molecule has 2 heterocycles. The summed E-state index contributed by atoms with van der Waals surface area (Å²) in [5, 5.41) is 6.25. The van der Waals surface area contributed by atoms with E-state index in [4.69, 9.17) is 22.1 Å². The van der Waals surface area contributed by atoms with Gasteiger partial charge in [0.25, 0.3) is 17.4 Å². The zero-order chi connectivity index (χ0) is 25.7. The van der Waals surface area contributed by atoms with Crippen LogP contribution in [0, 0.1) is 0 Å². The molecule has 2 aromatic heterocycles. The van der Waals surface area contributed by atoms with E-state index in [0.717, 1.165) is 18.4 Å². The van der Waals surface area contributed by atoms with Crippen molar-refractivity contribution in [1.82, 2.24) is 15.3 Å². The van der Waals surface area contributed by atoms with Crippen LogP contribution in [0.2, 0.25) is 5.02 Å². The van der Waals surface area contributed by atoms with Crippen molar-refractivity contribution in [2.24, 2.45) is 0 Å². The van der Waals surface area contributed by atoms with Crippen LogP contribution in [0.5, 0.6) is 5.88 Å². The first kappa shape index (κ1) is 24.7. The van der Waals surface area contributed by atoms with E-state index in [0.29, 0.717) is 34.7 Å². The molecule has 0 spiro atoms. The summed E-state index contributed by atoms with van der Waals surface area (Å²) in [4.78, 5) is 44.7. The molecular weight excluding hydrogens is 482 g/mol. The van der Waals surface area contributed by atoms with Gasteiger partial charge in [0.15, 0.2) is 0 Å². The molecule has 0 saturated heterocycles. The van der Waals surface area contributed by atoms with E-state index in [1.54, 1.807) is 18.2 Å². The summed E-state index contributed by atoms with van der Waals surface area (Å²) in [6.45, 7) is 0.462. The minimum Gasteiger partial charge on any atom is -0.481 e. The Bertz CT molecular complexity index is 1500. The molecule has 184 valence electrons. The number of H-pyrrole nitrogens is 1. The van der Waals surface area contributed by atoms with Crippen molar-refractivity contribution in [3.63, 3.8) is 0 Å². The first-order valence-corrected chi connectivity index (χ1v) is 11.5. The molecule has 0 atom stereocenters. The highest BCUT2D eigenvalue weighted by atomic mass is 35.5. The summed E-state index contributed by atoms with van der Waals surface area (Å²) in [6, 6.07) is 16.9. The van der Waals surface area contributed by atoms with E-state index in [2.05, 4.69) is 20.6 Å². The topological polar surface area (TPSA) is 139 Å². The number of halogens is 1. The summed E-state index contributed by atoms with van der Waals surface area (Å²) in [7, 11) is 1.47. The van der Waals surface area contributed by atoms with Gasteiger partial charge < -0.3 is 26.1 Å². The summed E-state index contributed by atoms with van der Waals surface area (Å²) >= 11 is 6.24. The maximum atomic E-state index is 12.9.